The molecule has 0 amide bonds. The molecule has 2 aromatic rings. The molecule has 2 heterocycles. The third kappa shape index (κ3) is 2.29. The average Bonchev–Trinajstić information content (AvgIpc) is 3.31. The van der Waals surface area contributed by atoms with Gasteiger partial charge in [-0.2, -0.15) is 0 Å². The van der Waals surface area contributed by atoms with Crippen molar-refractivity contribution in [2.45, 2.75) is 6.42 Å². The van der Waals surface area contributed by atoms with Crippen LogP contribution in [0.4, 0.5) is 0 Å². The van der Waals surface area contributed by atoms with Crippen molar-refractivity contribution in [1.82, 2.24) is 0 Å². The lowest BCUT2D eigenvalue weighted by molar-refractivity contribution is -0.135. The Balaban J connectivity index is 1.81. The Morgan fingerprint density at radius 3 is 2.67 bits per heavy atom. The Hall–Kier alpha value is -3.15. The maximum Gasteiger partial charge on any atom is 0.335 e. The van der Waals surface area contributed by atoms with E-state index in [-0.39, 0.29) is 18.7 Å². The first kappa shape index (κ1) is 16.1. The molecule has 0 spiro atoms. The molecule has 2 aliphatic heterocycles. The van der Waals surface area contributed by atoms with Gasteiger partial charge in [0.25, 0.3) is 0 Å². The van der Waals surface area contributed by atoms with Crippen LogP contribution in [0.3, 0.4) is 0 Å². The second-order valence-electron chi connectivity index (χ2n) is 6.69. The average molecular weight is 366 g/mol. The highest BCUT2D eigenvalue weighted by Gasteiger charge is 2.40. The van der Waals surface area contributed by atoms with Crippen LogP contribution in [0.15, 0.2) is 35.9 Å². The van der Waals surface area contributed by atoms with E-state index in [4.69, 9.17) is 23.7 Å². The van der Waals surface area contributed by atoms with Crippen molar-refractivity contribution in [3.8, 4) is 23.0 Å². The number of hydrogen-bond acceptors (Lipinski definition) is 6. The van der Waals surface area contributed by atoms with Gasteiger partial charge in [-0.1, -0.05) is 12.1 Å². The highest BCUT2D eigenvalue weighted by atomic mass is 16.7. The van der Waals surface area contributed by atoms with Crippen molar-refractivity contribution < 1.29 is 28.5 Å². The normalized spacial score (nSPS) is 19.5. The first-order chi connectivity index (χ1) is 13.2. The summed E-state index contributed by atoms with van der Waals surface area (Å²) in [4.78, 5) is 12.6. The Labute approximate surface area is 156 Å². The standard InChI is InChI=1S/C21H18O6/c1-23-15-6-4-11-7-13-9-25-21(22)19(13)17(18(11)20(15)24-2)12-3-5-14-16(8-12)27-10-26-14/h3-6,8,13H,7,9-10H2,1-2H3. The molecule has 1 atom stereocenters. The number of cyclic esters (lactones) is 1. The molecule has 2 aromatic carbocycles. The molecular weight excluding hydrogens is 348 g/mol. The van der Waals surface area contributed by atoms with Gasteiger partial charge in [0.15, 0.2) is 23.0 Å². The SMILES string of the molecule is COc1ccc2c(c1OC)C(c1ccc3c(c1)OCO3)=C1C(=O)OCC1C2. The quantitative estimate of drug-likeness (QED) is 0.779. The second kappa shape index (κ2) is 5.94. The highest BCUT2D eigenvalue weighted by Crippen LogP contribution is 2.49. The van der Waals surface area contributed by atoms with Crippen LogP contribution in [0.2, 0.25) is 0 Å². The van der Waals surface area contributed by atoms with Crippen molar-refractivity contribution in [3.05, 3.63) is 52.6 Å². The predicted octanol–water partition coefficient (Wildman–Crippen LogP) is 2.96. The van der Waals surface area contributed by atoms with Crippen LogP contribution in [0.25, 0.3) is 5.57 Å². The van der Waals surface area contributed by atoms with E-state index in [0.717, 1.165) is 28.7 Å². The lowest BCUT2D eigenvalue weighted by atomic mass is 9.77. The maximum atomic E-state index is 12.6. The van der Waals surface area contributed by atoms with Gasteiger partial charge in [-0.15, -0.1) is 0 Å². The van der Waals surface area contributed by atoms with Gasteiger partial charge in [0.2, 0.25) is 6.79 Å². The van der Waals surface area contributed by atoms with Gasteiger partial charge < -0.3 is 23.7 Å². The number of ether oxygens (including phenoxy) is 5. The third-order valence-electron chi connectivity index (χ3n) is 5.32. The summed E-state index contributed by atoms with van der Waals surface area (Å²) in [5, 5.41) is 0. The molecule has 1 fully saturated rings. The van der Waals surface area contributed by atoms with Gasteiger partial charge in [0, 0.05) is 17.1 Å². The molecule has 138 valence electrons. The lowest BCUT2D eigenvalue weighted by Gasteiger charge is -2.27. The minimum absolute atomic E-state index is 0.0310. The number of fused-ring (bicyclic) bond motifs is 3. The lowest BCUT2D eigenvalue weighted by Crippen LogP contribution is -2.18. The monoisotopic (exact) mass is 366 g/mol. The highest BCUT2D eigenvalue weighted by molar-refractivity contribution is 6.06. The second-order valence-corrected chi connectivity index (χ2v) is 6.69. The molecule has 1 unspecified atom stereocenters. The van der Waals surface area contributed by atoms with Crippen LogP contribution >= 0.6 is 0 Å². The fourth-order valence-corrected chi connectivity index (χ4v) is 4.14. The fraction of sp³-hybridized carbons (Fsp3) is 0.286. The summed E-state index contributed by atoms with van der Waals surface area (Å²) in [6.45, 7) is 0.596. The minimum Gasteiger partial charge on any atom is -0.493 e. The number of esters is 1. The zero-order valence-corrected chi connectivity index (χ0v) is 15.0. The Morgan fingerprint density at radius 1 is 1.00 bits per heavy atom. The van der Waals surface area contributed by atoms with Gasteiger partial charge in [-0.3, -0.25) is 0 Å². The first-order valence-electron chi connectivity index (χ1n) is 8.76. The summed E-state index contributed by atoms with van der Waals surface area (Å²) in [5.74, 6) is 2.36. The Kier molecular flexibility index (Phi) is 3.53. The zero-order chi connectivity index (χ0) is 18.5. The van der Waals surface area contributed by atoms with Gasteiger partial charge in [0.05, 0.1) is 26.4 Å². The third-order valence-corrected chi connectivity index (χ3v) is 5.32. The smallest absolute Gasteiger partial charge is 0.335 e. The molecule has 0 aromatic heterocycles. The number of methoxy groups -OCH3 is 2. The van der Waals surface area contributed by atoms with Crippen LogP contribution in [0, 0.1) is 5.92 Å². The van der Waals surface area contributed by atoms with E-state index in [0.29, 0.717) is 35.2 Å². The number of rotatable bonds is 3. The number of benzene rings is 2. The largest absolute Gasteiger partial charge is 0.493 e. The Bertz CT molecular complexity index is 990. The molecule has 3 aliphatic rings. The summed E-state index contributed by atoms with van der Waals surface area (Å²) >= 11 is 0. The van der Waals surface area contributed by atoms with E-state index >= 15 is 0 Å². The van der Waals surface area contributed by atoms with Gasteiger partial charge >= 0.3 is 5.97 Å². The van der Waals surface area contributed by atoms with Crippen LogP contribution in [-0.4, -0.2) is 33.6 Å². The van der Waals surface area contributed by atoms with Crippen molar-refractivity contribution in [2.75, 3.05) is 27.6 Å². The van der Waals surface area contributed by atoms with Crippen molar-refractivity contribution in [1.29, 1.82) is 0 Å². The van der Waals surface area contributed by atoms with Crippen molar-refractivity contribution >= 4 is 11.5 Å². The molecule has 6 heteroatoms. The zero-order valence-electron chi connectivity index (χ0n) is 15.0. The van der Waals surface area contributed by atoms with Crippen LogP contribution in [0.1, 0.15) is 16.7 Å². The number of hydrogen-bond donors (Lipinski definition) is 0. The van der Waals surface area contributed by atoms with Crippen LogP contribution < -0.4 is 18.9 Å². The van der Waals surface area contributed by atoms with E-state index < -0.39 is 0 Å². The van der Waals surface area contributed by atoms with E-state index in [2.05, 4.69) is 0 Å². The topological polar surface area (TPSA) is 63.2 Å². The molecule has 6 nitrogen and oxygen atoms in total. The molecule has 1 saturated heterocycles. The summed E-state index contributed by atoms with van der Waals surface area (Å²) in [6.07, 6.45) is 0.727. The van der Waals surface area contributed by atoms with Crippen molar-refractivity contribution in [2.24, 2.45) is 5.92 Å². The summed E-state index contributed by atoms with van der Waals surface area (Å²) in [6, 6.07) is 9.64. The molecule has 0 bridgehead atoms. The molecule has 1 aliphatic carbocycles. The summed E-state index contributed by atoms with van der Waals surface area (Å²) < 4.78 is 27.5. The van der Waals surface area contributed by atoms with E-state index in [1.54, 1.807) is 14.2 Å². The van der Waals surface area contributed by atoms with E-state index in [1.165, 1.54) is 0 Å². The first-order valence-corrected chi connectivity index (χ1v) is 8.76. The van der Waals surface area contributed by atoms with Crippen LogP contribution in [0.5, 0.6) is 23.0 Å². The Morgan fingerprint density at radius 2 is 1.85 bits per heavy atom. The van der Waals surface area contributed by atoms with Gasteiger partial charge in [-0.05, 0) is 35.7 Å². The summed E-state index contributed by atoms with van der Waals surface area (Å²) in [5.41, 5.74) is 4.35. The van der Waals surface area contributed by atoms with E-state index in [1.807, 2.05) is 30.3 Å². The number of carbonyl (C=O) groups excluding carboxylic acids is 1. The maximum absolute atomic E-state index is 12.6. The molecular formula is C21H18O6. The molecule has 5 rings (SSSR count). The molecule has 0 radical (unpaired) electrons. The molecule has 0 saturated carbocycles. The fourth-order valence-electron chi connectivity index (χ4n) is 4.14. The van der Waals surface area contributed by atoms with Gasteiger partial charge in [0.1, 0.15) is 0 Å². The van der Waals surface area contributed by atoms with Gasteiger partial charge in [-0.25, -0.2) is 4.79 Å². The minimum atomic E-state index is -0.275. The molecule has 0 N–H and O–H groups in total. The van der Waals surface area contributed by atoms with E-state index in [9.17, 15) is 4.79 Å². The predicted molar refractivity (Wildman–Crippen MR) is 96.3 cm³/mol. The number of carbonyl (C=O) groups is 1. The van der Waals surface area contributed by atoms with Crippen molar-refractivity contribution in [3.63, 3.8) is 0 Å². The summed E-state index contributed by atoms with van der Waals surface area (Å²) in [7, 11) is 3.21. The molecule has 27 heavy (non-hydrogen) atoms. The van der Waals surface area contributed by atoms with Crippen LogP contribution in [-0.2, 0) is 16.0 Å².